The van der Waals surface area contributed by atoms with E-state index in [2.05, 4.69) is 24.3 Å². The topological polar surface area (TPSA) is 36.9 Å². The Labute approximate surface area is 132 Å². The van der Waals surface area contributed by atoms with Crippen LogP contribution in [0.3, 0.4) is 0 Å². The minimum absolute atomic E-state index is 0.260. The van der Waals surface area contributed by atoms with Gasteiger partial charge in [0.15, 0.2) is 5.79 Å². The Balaban J connectivity index is 1.48. The Morgan fingerprint density at radius 3 is 2.36 bits per heavy atom. The van der Waals surface area contributed by atoms with Crippen LogP contribution in [0.2, 0.25) is 0 Å². The maximum absolute atomic E-state index is 5.80. The Hall–Kier alpha value is -0.940. The second-order valence-corrected chi connectivity index (χ2v) is 6.08. The fourth-order valence-corrected chi connectivity index (χ4v) is 3.36. The van der Waals surface area contributed by atoms with Gasteiger partial charge < -0.3 is 18.9 Å². The second-order valence-electron chi connectivity index (χ2n) is 6.08. The Kier molecular flexibility index (Phi) is 5.47. The van der Waals surface area contributed by atoms with Crippen molar-refractivity contribution in [1.82, 2.24) is 0 Å². The zero-order chi connectivity index (χ0) is 15.3. The first-order chi connectivity index (χ1) is 10.8. The van der Waals surface area contributed by atoms with Gasteiger partial charge in [0.1, 0.15) is 6.79 Å². The summed E-state index contributed by atoms with van der Waals surface area (Å²) in [6.45, 7) is 5.13. The van der Waals surface area contributed by atoms with Crippen LogP contribution in [-0.2, 0) is 25.6 Å². The molecular weight excluding hydrogens is 280 g/mol. The predicted molar refractivity (Wildman–Crippen MR) is 83.6 cm³/mol. The smallest absolute Gasteiger partial charge is 0.168 e. The molecule has 122 valence electrons. The van der Waals surface area contributed by atoms with Crippen LogP contribution in [0.4, 0.5) is 0 Å². The lowest BCUT2D eigenvalue weighted by Gasteiger charge is -2.35. The van der Waals surface area contributed by atoms with E-state index in [1.807, 2.05) is 6.92 Å². The van der Waals surface area contributed by atoms with Gasteiger partial charge in [-0.25, -0.2) is 0 Å². The lowest BCUT2D eigenvalue weighted by molar-refractivity contribution is -0.178. The van der Waals surface area contributed by atoms with Gasteiger partial charge in [0, 0.05) is 19.4 Å². The van der Waals surface area contributed by atoms with Gasteiger partial charge in [0.25, 0.3) is 0 Å². The van der Waals surface area contributed by atoms with Gasteiger partial charge in [0.2, 0.25) is 0 Å². The van der Waals surface area contributed by atoms with Crippen molar-refractivity contribution in [3.05, 3.63) is 35.4 Å². The highest BCUT2D eigenvalue weighted by Gasteiger charge is 2.40. The van der Waals surface area contributed by atoms with Gasteiger partial charge in [-0.15, -0.1) is 0 Å². The van der Waals surface area contributed by atoms with Crippen molar-refractivity contribution >= 4 is 0 Å². The van der Waals surface area contributed by atoms with E-state index in [0.29, 0.717) is 25.9 Å². The maximum atomic E-state index is 5.80. The highest BCUT2D eigenvalue weighted by molar-refractivity contribution is 5.25. The molecule has 3 rings (SSSR count). The van der Waals surface area contributed by atoms with Gasteiger partial charge in [-0.05, 0) is 36.8 Å². The molecule has 1 saturated carbocycles. The van der Waals surface area contributed by atoms with Crippen LogP contribution < -0.4 is 0 Å². The molecule has 0 aromatic heterocycles. The SMILES string of the molecule is CCOCOCc1ccc(C2CCC3(CC2)OCCO3)cc1. The number of rotatable bonds is 6. The predicted octanol–water partition coefficient (Wildman–Crippen LogP) is 3.60. The van der Waals surface area contributed by atoms with Crippen LogP contribution in [0.5, 0.6) is 0 Å². The van der Waals surface area contributed by atoms with Gasteiger partial charge >= 0.3 is 0 Å². The molecule has 0 N–H and O–H groups in total. The fraction of sp³-hybridized carbons (Fsp3) is 0.667. The molecule has 4 nitrogen and oxygen atoms in total. The molecule has 1 heterocycles. The van der Waals surface area contributed by atoms with Crippen LogP contribution >= 0.6 is 0 Å². The van der Waals surface area contributed by atoms with E-state index in [1.165, 1.54) is 11.1 Å². The van der Waals surface area contributed by atoms with Crippen molar-refractivity contribution in [2.24, 2.45) is 0 Å². The number of hydrogen-bond acceptors (Lipinski definition) is 4. The summed E-state index contributed by atoms with van der Waals surface area (Å²) in [5.74, 6) is 0.362. The standard InChI is InChI=1S/C18H26O4/c1-2-19-14-20-13-15-3-5-16(6-4-15)17-7-9-18(10-8-17)21-11-12-22-18/h3-6,17H,2,7-14H2,1H3. The van der Waals surface area contributed by atoms with Crippen molar-refractivity contribution in [3.8, 4) is 0 Å². The normalized spacial score (nSPS) is 21.5. The minimum Gasteiger partial charge on any atom is -0.356 e. The monoisotopic (exact) mass is 306 g/mol. The van der Waals surface area contributed by atoms with Crippen LogP contribution in [-0.4, -0.2) is 32.4 Å². The highest BCUT2D eigenvalue weighted by Crippen LogP contribution is 2.42. The molecule has 4 heteroatoms. The summed E-state index contributed by atoms with van der Waals surface area (Å²) in [7, 11) is 0. The van der Waals surface area contributed by atoms with Gasteiger partial charge in [-0.3, -0.25) is 0 Å². The molecule has 0 atom stereocenters. The molecule has 1 aliphatic carbocycles. The zero-order valence-electron chi connectivity index (χ0n) is 13.4. The fourth-order valence-electron chi connectivity index (χ4n) is 3.36. The first-order valence-electron chi connectivity index (χ1n) is 8.33. The quantitative estimate of drug-likeness (QED) is 0.594. The van der Waals surface area contributed by atoms with E-state index in [0.717, 1.165) is 38.9 Å². The van der Waals surface area contributed by atoms with E-state index in [4.69, 9.17) is 18.9 Å². The minimum atomic E-state index is -0.260. The summed E-state index contributed by atoms with van der Waals surface area (Å²) in [6.07, 6.45) is 4.30. The highest BCUT2D eigenvalue weighted by atomic mass is 16.7. The zero-order valence-corrected chi connectivity index (χ0v) is 13.4. The molecule has 1 aromatic carbocycles. The number of ether oxygens (including phenoxy) is 4. The van der Waals surface area contributed by atoms with E-state index in [-0.39, 0.29) is 5.79 Å². The number of benzene rings is 1. The average Bonchev–Trinajstić information content (AvgIpc) is 3.01. The molecule has 2 fully saturated rings. The largest absolute Gasteiger partial charge is 0.356 e. The summed E-state index contributed by atoms with van der Waals surface area (Å²) in [5, 5.41) is 0. The van der Waals surface area contributed by atoms with Gasteiger partial charge in [-0.1, -0.05) is 24.3 Å². The Morgan fingerprint density at radius 1 is 1.05 bits per heavy atom. The van der Waals surface area contributed by atoms with Crippen molar-refractivity contribution in [3.63, 3.8) is 0 Å². The summed E-state index contributed by atoms with van der Waals surface area (Å²) in [5.41, 5.74) is 2.61. The molecular formula is C18H26O4. The maximum Gasteiger partial charge on any atom is 0.168 e. The molecule has 0 unspecified atom stereocenters. The molecule has 0 bridgehead atoms. The van der Waals surface area contributed by atoms with Crippen molar-refractivity contribution in [2.75, 3.05) is 26.6 Å². The summed E-state index contributed by atoms with van der Waals surface area (Å²) in [4.78, 5) is 0. The third-order valence-electron chi connectivity index (χ3n) is 4.65. The average molecular weight is 306 g/mol. The Morgan fingerprint density at radius 2 is 1.73 bits per heavy atom. The third kappa shape index (κ3) is 3.87. The van der Waals surface area contributed by atoms with Gasteiger partial charge in [-0.2, -0.15) is 0 Å². The number of hydrogen-bond donors (Lipinski definition) is 0. The molecule has 2 aliphatic rings. The second kappa shape index (κ2) is 7.55. The summed E-state index contributed by atoms with van der Waals surface area (Å²) < 4.78 is 22.2. The first-order valence-corrected chi connectivity index (χ1v) is 8.33. The van der Waals surface area contributed by atoms with Crippen molar-refractivity contribution in [1.29, 1.82) is 0 Å². The molecule has 1 saturated heterocycles. The van der Waals surface area contributed by atoms with E-state index >= 15 is 0 Å². The van der Waals surface area contributed by atoms with Crippen LogP contribution in [0.1, 0.15) is 49.7 Å². The summed E-state index contributed by atoms with van der Waals surface area (Å²) in [6, 6.07) is 8.79. The van der Waals surface area contributed by atoms with E-state index < -0.39 is 0 Å². The van der Waals surface area contributed by atoms with E-state index in [9.17, 15) is 0 Å². The molecule has 0 radical (unpaired) electrons. The van der Waals surface area contributed by atoms with Crippen LogP contribution in [0.15, 0.2) is 24.3 Å². The van der Waals surface area contributed by atoms with Crippen molar-refractivity contribution < 1.29 is 18.9 Å². The van der Waals surface area contributed by atoms with Gasteiger partial charge in [0.05, 0.1) is 19.8 Å². The lowest BCUT2D eigenvalue weighted by Crippen LogP contribution is -2.34. The first kappa shape index (κ1) is 15.9. The molecule has 22 heavy (non-hydrogen) atoms. The van der Waals surface area contributed by atoms with Crippen molar-refractivity contribution in [2.45, 2.75) is 50.9 Å². The van der Waals surface area contributed by atoms with Crippen LogP contribution in [0, 0.1) is 0 Å². The molecule has 1 aromatic rings. The third-order valence-corrected chi connectivity index (χ3v) is 4.65. The summed E-state index contributed by atoms with van der Waals surface area (Å²) >= 11 is 0. The molecule has 1 aliphatic heterocycles. The molecule has 0 amide bonds. The molecule has 1 spiro atoms. The van der Waals surface area contributed by atoms with E-state index in [1.54, 1.807) is 0 Å². The van der Waals surface area contributed by atoms with Crippen LogP contribution in [0.25, 0.3) is 0 Å². The Bertz CT molecular complexity index is 441. The lowest BCUT2D eigenvalue weighted by atomic mass is 9.81.